The zero-order valence-corrected chi connectivity index (χ0v) is 14.3. The molecule has 134 valence electrons. The maximum absolute atomic E-state index is 12.6. The maximum atomic E-state index is 12.6. The third kappa shape index (κ3) is 3.87. The second-order valence-corrected chi connectivity index (χ2v) is 5.97. The summed E-state index contributed by atoms with van der Waals surface area (Å²) in [6.45, 7) is 2.23. The average Bonchev–Trinajstić information content (AvgIpc) is 3.14. The number of aliphatic hydroxyl groups excluding tert-OH is 1. The Hall–Kier alpha value is -3.24. The van der Waals surface area contributed by atoms with E-state index in [1.807, 2.05) is 18.2 Å². The van der Waals surface area contributed by atoms with Crippen molar-refractivity contribution < 1.29 is 19.4 Å². The molecule has 7 heteroatoms. The molecule has 1 aliphatic rings. The summed E-state index contributed by atoms with van der Waals surface area (Å²) in [6, 6.07) is 12.1. The first-order chi connectivity index (χ1) is 12.6. The number of nitriles is 1. The molecule has 0 saturated carbocycles. The molecule has 0 fully saturated rings. The van der Waals surface area contributed by atoms with Crippen molar-refractivity contribution in [2.24, 2.45) is 0 Å². The molecule has 26 heavy (non-hydrogen) atoms. The predicted molar refractivity (Wildman–Crippen MR) is 95.1 cm³/mol. The Morgan fingerprint density at radius 3 is 2.85 bits per heavy atom. The second kappa shape index (κ2) is 7.76. The fourth-order valence-electron chi connectivity index (χ4n) is 2.57. The summed E-state index contributed by atoms with van der Waals surface area (Å²) in [4.78, 5) is 12.6. The molecular formula is C19H19N3O4. The Balaban J connectivity index is 1.75. The van der Waals surface area contributed by atoms with Crippen LogP contribution in [0.4, 0.5) is 5.69 Å². The standard InChI is InChI=1S/C19H19N3O4/c1-12(10-23)22-16-4-2-13(8-20)6-15(16)19(24)21-9-14-3-5-17-18(7-14)26-11-25-17/h2-7,12,22-23H,9-11H2,1H3,(H,21,24)/t12-/m1/s1. The second-order valence-electron chi connectivity index (χ2n) is 5.97. The molecule has 7 nitrogen and oxygen atoms in total. The van der Waals surface area contributed by atoms with E-state index in [9.17, 15) is 9.90 Å². The number of hydrogen-bond donors (Lipinski definition) is 3. The maximum Gasteiger partial charge on any atom is 0.253 e. The molecule has 0 radical (unpaired) electrons. The van der Waals surface area contributed by atoms with Gasteiger partial charge >= 0.3 is 0 Å². The Kier molecular flexibility index (Phi) is 5.25. The van der Waals surface area contributed by atoms with E-state index in [-0.39, 0.29) is 25.3 Å². The van der Waals surface area contributed by atoms with Crippen LogP contribution >= 0.6 is 0 Å². The van der Waals surface area contributed by atoms with Gasteiger partial charge in [0.2, 0.25) is 6.79 Å². The number of nitrogens with zero attached hydrogens (tertiary/aromatic N) is 1. The van der Waals surface area contributed by atoms with Crippen LogP contribution in [0.25, 0.3) is 0 Å². The number of carbonyl (C=O) groups is 1. The quantitative estimate of drug-likeness (QED) is 0.734. The van der Waals surface area contributed by atoms with Crippen molar-refractivity contribution in [1.82, 2.24) is 5.32 Å². The SMILES string of the molecule is C[C@H](CO)Nc1ccc(C#N)cc1C(=O)NCc1ccc2c(c1)OCO2. The number of rotatable bonds is 6. The van der Waals surface area contributed by atoms with Gasteiger partial charge in [-0.05, 0) is 42.8 Å². The summed E-state index contributed by atoms with van der Waals surface area (Å²) in [5.41, 5.74) is 2.18. The lowest BCUT2D eigenvalue weighted by Crippen LogP contribution is -2.26. The van der Waals surface area contributed by atoms with E-state index in [0.29, 0.717) is 34.9 Å². The van der Waals surface area contributed by atoms with E-state index in [4.69, 9.17) is 14.7 Å². The fourth-order valence-corrected chi connectivity index (χ4v) is 2.57. The largest absolute Gasteiger partial charge is 0.454 e. The minimum absolute atomic E-state index is 0.0712. The first-order valence-electron chi connectivity index (χ1n) is 8.19. The van der Waals surface area contributed by atoms with Crippen molar-refractivity contribution in [3.63, 3.8) is 0 Å². The summed E-state index contributed by atoms with van der Waals surface area (Å²) < 4.78 is 10.6. The Labute approximate surface area is 151 Å². The van der Waals surface area contributed by atoms with Crippen LogP contribution in [0.2, 0.25) is 0 Å². The molecule has 0 saturated heterocycles. The number of benzene rings is 2. The van der Waals surface area contributed by atoms with Crippen LogP contribution in [0, 0.1) is 11.3 Å². The molecule has 1 heterocycles. The molecule has 0 spiro atoms. The van der Waals surface area contributed by atoms with E-state index in [1.54, 1.807) is 25.1 Å². The number of aliphatic hydroxyl groups is 1. The van der Waals surface area contributed by atoms with Crippen molar-refractivity contribution in [2.45, 2.75) is 19.5 Å². The smallest absolute Gasteiger partial charge is 0.253 e. The third-order valence-corrected chi connectivity index (χ3v) is 3.96. The van der Waals surface area contributed by atoms with E-state index in [1.165, 1.54) is 6.07 Å². The topological polar surface area (TPSA) is 104 Å². The van der Waals surface area contributed by atoms with Crippen LogP contribution in [0.1, 0.15) is 28.4 Å². The molecule has 2 aromatic rings. The summed E-state index contributed by atoms with van der Waals surface area (Å²) in [6.07, 6.45) is 0. The Morgan fingerprint density at radius 2 is 2.08 bits per heavy atom. The number of nitrogens with one attached hydrogen (secondary N) is 2. The lowest BCUT2D eigenvalue weighted by atomic mass is 10.1. The van der Waals surface area contributed by atoms with Crippen molar-refractivity contribution in [1.29, 1.82) is 5.26 Å². The predicted octanol–water partition coefficient (Wildman–Crippen LogP) is 2.01. The van der Waals surface area contributed by atoms with Crippen LogP contribution < -0.4 is 20.1 Å². The van der Waals surface area contributed by atoms with E-state index >= 15 is 0 Å². The molecule has 3 N–H and O–H groups in total. The minimum Gasteiger partial charge on any atom is -0.454 e. The van der Waals surface area contributed by atoms with Gasteiger partial charge in [0.15, 0.2) is 11.5 Å². The van der Waals surface area contributed by atoms with E-state index in [0.717, 1.165) is 5.56 Å². The molecule has 0 aliphatic carbocycles. The molecule has 1 atom stereocenters. The van der Waals surface area contributed by atoms with Gasteiger partial charge in [-0.3, -0.25) is 4.79 Å². The van der Waals surface area contributed by atoms with Crippen LogP contribution in [0.15, 0.2) is 36.4 Å². The molecule has 1 aliphatic heterocycles. The first-order valence-corrected chi connectivity index (χ1v) is 8.19. The van der Waals surface area contributed by atoms with Crippen molar-refractivity contribution in [2.75, 3.05) is 18.7 Å². The van der Waals surface area contributed by atoms with Gasteiger partial charge in [0.25, 0.3) is 5.91 Å². The number of hydrogen-bond acceptors (Lipinski definition) is 6. The van der Waals surface area contributed by atoms with Gasteiger partial charge in [-0.2, -0.15) is 5.26 Å². The number of anilines is 1. The fraction of sp³-hybridized carbons (Fsp3) is 0.263. The average molecular weight is 353 g/mol. The number of amides is 1. The molecule has 0 aromatic heterocycles. The highest BCUT2D eigenvalue weighted by Crippen LogP contribution is 2.32. The molecular weight excluding hydrogens is 334 g/mol. The van der Waals surface area contributed by atoms with Gasteiger partial charge in [0, 0.05) is 18.3 Å². The third-order valence-electron chi connectivity index (χ3n) is 3.96. The van der Waals surface area contributed by atoms with Crippen LogP contribution in [0.3, 0.4) is 0 Å². The molecule has 1 amide bonds. The van der Waals surface area contributed by atoms with Gasteiger partial charge in [0.1, 0.15) is 0 Å². The summed E-state index contributed by atoms with van der Waals surface area (Å²) in [7, 11) is 0. The number of carbonyl (C=O) groups excluding carboxylic acids is 1. The zero-order valence-electron chi connectivity index (χ0n) is 14.3. The van der Waals surface area contributed by atoms with Crippen LogP contribution in [-0.4, -0.2) is 30.5 Å². The lowest BCUT2D eigenvalue weighted by molar-refractivity contribution is 0.0951. The molecule has 0 unspecified atom stereocenters. The molecule has 0 bridgehead atoms. The van der Waals surface area contributed by atoms with Crippen molar-refractivity contribution >= 4 is 11.6 Å². The summed E-state index contributed by atoms with van der Waals surface area (Å²) in [5, 5.41) is 24.2. The van der Waals surface area contributed by atoms with Crippen LogP contribution in [0.5, 0.6) is 11.5 Å². The van der Waals surface area contributed by atoms with Gasteiger partial charge in [-0.25, -0.2) is 0 Å². The zero-order chi connectivity index (χ0) is 18.5. The van der Waals surface area contributed by atoms with Gasteiger partial charge < -0.3 is 25.2 Å². The monoisotopic (exact) mass is 353 g/mol. The van der Waals surface area contributed by atoms with Gasteiger partial charge in [0.05, 0.1) is 23.8 Å². The summed E-state index contributed by atoms with van der Waals surface area (Å²) >= 11 is 0. The van der Waals surface area contributed by atoms with Crippen molar-refractivity contribution in [3.05, 3.63) is 53.1 Å². The first kappa shape index (κ1) is 17.6. The van der Waals surface area contributed by atoms with E-state index in [2.05, 4.69) is 10.6 Å². The van der Waals surface area contributed by atoms with Gasteiger partial charge in [-0.15, -0.1) is 0 Å². The van der Waals surface area contributed by atoms with Gasteiger partial charge in [-0.1, -0.05) is 6.07 Å². The number of fused-ring (bicyclic) bond motifs is 1. The highest BCUT2D eigenvalue weighted by molar-refractivity contribution is 6.00. The highest BCUT2D eigenvalue weighted by Gasteiger charge is 2.16. The Morgan fingerprint density at radius 1 is 1.27 bits per heavy atom. The number of ether oxygens (including phenoxy) is 2. The van der Waals surface area contributed by atoms with Crippen molar-refractivity contribution in [3.8, 4) is 17.6 Å². The Bertz CT molecular complexity index is 860. The summed E-state index contributed by atoms with van der Waals surface area (Å²) in [5.74, 6) is 1.03. The molecule has 2 aromatic carbocycles. The molecule has 3 rings (SSSR count). The highest BCUT2D eigenvalue weighted by atomic mass is 16.7. The lowest BCUT2D eigenvalue weighted by Gasteiger charge is -2.16. The minimum atomic E-state index is -0.313. The van der Waals surface area contributed by atoms with E-state index < -0.39 is 0 Å². The normalized spacial score (nSPS) is 13.0. The van der Waals surface area contributed by atoms with Crippen LogP contribution in [-0.2, 0) is 6.54 Å².